The van der Waals surface area contributed by atoms with E-state index in [-0.39, 0.29) is 13.1 Å². The average Bonchev–Trinajstić information content (AvgIpc) is 2.03. The highest BCUT2D eigenvalue weighted by Gasteiger charge is 2.05. The number of hydrogen-bond donors (Lipinski definition) is 0. The summed E-state index contributed by atoms with van der Waals surface area (Å²) in [5, 5.41) is 0. The van der Waals surface area contributed by atoms with Gasteiger partial charge >= 0.3 is 11.9 Å². The van der Waals surface area contributed by atoms with Crippen LogP contribution >= 0.6 is 0 Å². The number of esters is 2. The Bertz CT molecular complexity index is 151. The average molecular weight is 174 g/mol. The number of methoxy groups -OCH3 is 2. The molecule has 5 nitrogen and oxygen atoms in total. The van der Waals surface area contributed by atoms with Crippen LogP contribution in [0, 0.1) is 7.05 Å². The molecule has 0 aromatic carbocycles. The Morgan fingerprint density at radius 3 is 1.75 bits per heavy atom. The van der Waals surface area contributed by atoms with Crippen molar-refractivity contribution in [2.45, 2.75) is 0 Å². The molecule has 0 radical (unpaired) electrons. The first-order chi connectivity index (χ1) is 5.60. The van der Waals surface area contributed by atoms with E-state index in [1.807, 2.05) is 0 Å². The molecule has 0 saturated carbocycles. The summed E-state index contributed by atoms with van der Waals surface area (Å²) in [6.45, 7) is -0.0444. The lowest BCUT2D eigenvalue weighted by molar-refractivity contribution is -0.144. The van der Waals surface area contributed by atoms with E-state index in [1.165, 1.54) is 19.1 Å². The van der Waals surface area contributed by atoms with Crippen LogP contribution in [0.3, 0.4) is 0 Å². The predicted molar refractivity (Wildman–Crippen MR) is 41.0 cm³/mol. The van der Waals surface area contributed by atoms with Crippen molar-refractivity contribution < 1.29 is 19.1 Å². The molecule has 0 aliphatic heterocycles. The van der Waals surface area contributed by atoms with Gasteiger partial charge in [0.2, 0.25) is 0 Å². The Labute approximate surface area is 71.2 Å². The normalized spacial score (nSPS) is 9.67. The number of hydrogen-bond acceptors (Lipinski definition) is 5. The molecule has 0 aliphatic carbocycles. The second-order valence-electron chi connectivity index (χ2n) is 2.14. The van der Waals surface area contributed by atoms with Crippen molar-refractivity contribution in [3.63, 3.8) is 0 Å². The van der Waals surface area contributed by atoms with Gasteiger partial charge in [0.15, 0.2) is 0 Å². The second kappa shape index (κ2) is 5.54. The van der Waals surface area contributed by atoms with Crippen molar-refractivity contribution in [2.75, 3.05) is 27.3 Å². The summed E-state index contributed by atoms with van der Waals surface area (Å²) in [5.74, 6) is -0.872. The van der Waals surface area contributed by atoms with E-state index in [4.69, 9.17) is 0 Å². The van der Waals surface area contributed by atoms with Gasteiger partial charge in [0.25, 0.3) is 0 Å². The van der Waals surface area contributed by atoms with E-state index >= 15 is 0 Å². The molecule has 0 aliphatic rings. The van der Waals surface area contributed by atoms with Gasteiger partial charge in [0.1, 0.15) is 0 Å². The van der Waals surface area contributed by atoms with E-state index in [1.54, 1.807) is 0 Å². The lowest BCUT2D eigenvalue weighted by Gasteiger charge is -2.20. The van der Waals surface area contributed by atoms with Crippen LogP contribution in [0.2, 0.25) is 0 Å². The first-order valence-corrected chi connectivity index (χ1v) is 3.29. The maximum absolute atomic E-state index is 10.6. The van der Waals surface area contributed by atoms with Gasteiger partial charge in [-0.05, 0) is 0 Å². The monoisotopic (exact) mass is 174 g/mol. The third-order valence-electron chi connectivity index (χ3n) is 1.16. The van der Waals surface area contributed by atoms with E-state index in [0.717, 1.165) is 0 Å². The van der Waals surface area contributed by atoms with Crippen LogP contribution < -0.4 is 0 Å². The van der Waals surface area contributed by atoms with Crippen LogP contribution in [0.25, 0.3) is 0 Å². The highest BCUT2D eigenvalue weighted by molar-refractivity contribution is 5.74. The van der Waals surface area contributed by atoms with Gasteiger partial charge < -0.3 is 14.4 Å². The number of nitrogens with zero attached hydrogens (tertiary/aromatic N) is 1. The van der Waals surface area contributed by atoms with Gasteiger partial charge in [-0.2, -0.15) is 0 Å². The molecule has 0 spiro atoms. The van der Waals surface area contributed by atoms with Crippen LogP contribution in [-0.4, -0.2) is 44.1 Å². The van der Waals surface area contributed by atoms with Crippen LogP contribution in [0.5, 0.6) is 0 Å². The summed E-state index contributed by atoms with van der Waals surface area (Å²) in [4.78, 5) is 22.5. The summed E-state index contributed by atoms with van der Waals surface area (Å²) in [6.07, 6.45) is 0. The van der Waals surface area contributed by atoms with Gasteiger partial charge in [-0.15, -0.1) is 0 Å². The fourth-order valence-corrected chi connectivity index (χ4v) is 0.550. The molecule has 0 aromatic heterocycles. The molecule has 5 heteroatoms. The first-order valence-electron chi connectivity index (χ1n) is 3.29. The van der Waals surface area contributed by atoms with Crippen LogP contribution in [0.15, 0.2) is 0 Å². The maximum Gasteiger partial charge on any atom is 0.317 e. The summed E-state index contributed by atoms with van der Waals surface area (Å²) in [5.41, 5.74) is 0. The Morgan fingerprint density at radius 2 is 1.50 bits per heavy atom. The Morgan fingerprint density at radius 1 is 1.17 bits per heavy atom. The standard InChI is InChI=1S/C7H12NO4/c1-8(4-6(9)11-2)5-7(10)12-3/h1,4-5H2,2-3H3/q-1. The van der Waals surface area contributed by atoms with Gasteiger partial charge in [0, 0.05) is 0 Å². The zero-order valence-corrected chi connectivity index (χ0v) is 7.20. The molecular weight excluding hydrogens is 162 g/mol. The molecule has 0 bridgehead atoms. The summed E-state index contributed by atoms with van der Waals surface area (Å²) in [7, 11) is 5.99. The summed E-state index contributed by atoms with van der Waals surface area (Å²) >= 11 is 0. The molecule has 0 atom stereocenters. The molecular formula is C7H12NO4-. The van der Waals surface area contributed by atoms with Gasteiger partial charge in [-0.3, -0.25) is 16.6 Å². The Balaban J connectivity index is 3.66. The minimum Gasteiger partial charge on any atom is -0.468 e. The fraction of sp³-hybridized carbons (Fsp3) is 0.571. The van der Waals surface area contributed by atoms with Crippen molar-refractivity contribution in [1.29, 1.82) is 0 Å². The largest absolute Gasteiger partial charge is 0.468 e. The number of carbonyl (C=O) groups is 2. The first kappa shape index (κ1) is 10.9. The molecule has 0 rings (SSSR count). The van der Waals surface area contributed by atoms with Crippen LogP contribution in [0.4, 0.5) is 0 Å². The molecule has 0 N–H and O–H groups in total. The van der Waals surface area contributed by atoms with Crippen molar-refractivity contribution in [1.82, 2.24) is 4.90 Å². The molecule has 12 heavy (non-hydrogen) atoms. The van der Waals surface area contributed by atoms with Crippen molar-refractivity contribution in [3.05, 3.63) is 7.05 Å². The second-order valence-corrected chi connectivity index (χ2v) is 2.14. The van der Waals surface area contributed by atoms with Crippen molar-refractivity contribution in [3.8, 4) is 0 Å². The lowest BCUT2D eigenvalue weighted by Crippen LogP contribution is -2.30. The number of carbonyl (C=O) groups excluding carboxylic acids is 2. The van der Waals surface area contributed by atoms with E-state index in [0.29, 0.717) is 0 Å². The molecule has 0 unspecified atom stereocenters. The molecule has 0 aromatic rings. The lowest BCUT2D eigenvalue weighted by atomic mass is 10.5. The van der Waals surface area contributed by atoms with Gasteiger partial charge in [-0.1, -0.05) is 0 Å². The van der Waals surface area contributed by atoms with Crippen molar-refractivity contribution in [2.24, 2.45) is 0 Å². The number of rotatable bonds is 4. The summed E-state index contributed by atoms with van der Waals surface area (Å²) < 4.78 is 8.73. The zero-order chi connectivity index (χ0) is 9.56. The molecule has 0 heterocycles. The van der Waals surface area contributed by atoms with E-state index in [2.05, 4.69) is 16.5 Å². The van der Waals surface area contributed by atoms with Crippen LogP contribution in [0.1, 0.15) is 0 Å². The third-order valence-corrected chi connectivity index (χ3v) is 1.16. The molecule has 0 saturated heterocycles. The molecule has 0 fully saturated rings. The Kier molecular flexibility index (Phi) is 5.03. The minimum absolute atomic E-state index is 0.0222. The minimum atomic E-state index is -0.436. The predicted octanol–water partition coefficient (Wildman–Crippen LogP) is -0.574. The van der Waals surface area contributed by atoms with Gasteiger partial charge in [0.05, 0.1) is 27.3 Å². The zero-order valence-electron chi connectivity index (χ0n) is 7.20. The Hall–Kier alpha value is -1.10. The fourth-order valence-electron chi connectivity index (χ4n) is 0.550. The topological polar surface area (TPSA) is 55.8 Å². The van der Waals surface area contributed by atoms with E-state index < -0.39 is 11.9 Å². The summed E-state index contributed by atoms with van der Waals surface area (Å²) in [6, 6.07) is 0. The SMILES string of the molecule is [CH2-]N(CC(=O)OC)CC(=O)OC. The van der Waals surface area contributed by atoms with E-state index in [9.17, 15) is 9.59 Å². The molecule has 70 valence electrons. The maximum atomic E-state index is 10.6. The van der Waals surface area contributed by atoms with Crippen LogP contribution in [-0.2, 0) is 19.1 Å². The third kappa shape index (κ3) is 4.68. The smallest absolute Gasteiger partial charge is 0.317 e. The van der Waals surface area contributed by atoms with Crippen molar-refractivity contribution >= 4 is 11.9 Å². The molecule has 0 amide bonds. The highest BCUT2D eigenvalue weighted by Crippen LogP contribution is 1.87. The number of ether oxygens (including phenoxy) is 2. The van der Waals surface area contributed by atoms with Gasteiger partial charge in [-0.25, -0.2) is 0 Å². The highest BCUT2D eigenvalue weighted by atomic mass is 16.5. The quantitative estimate of drug-likeness (QED) is 0.422.